The Morgan fingerprint density at radius 2 is 1.84 bits per heavy atom. The van der Waals surface area contributed by atoms with E-state index >= 15 is 0 Å². The minimum Gasteiger partial charge on any atom is -0.494 e. The standard InChI is InChI=1S/C21H27NO3/c1-5-6-14-24-19-12-10-18(11-13-19)22-21(23)17(4)25-20-9-7-8-15(2)16(20)3/h7-13,17H,5-6,14H2,1-4H3,(H,22,23). The van der Waals surface area contributed by atoms with E-state index in [4.69, 9.17) is 9.47 Å². The van der Waals surface area contributed by atoms with Crippen molar-refractivity contribution in [1.29, 1.82) is 0 Å². The molecule has 4 nitrogen and oxygen atoms in total. The molecule has 0 bridgehead atoms. The number of rotatable bonds is 8. The molecule has 0 saturated carbocycles. The molecular weight excluding hydrogens is 314 g/mol. The van der Waals surface area contributed by atoms with E-state index in [1.54, 1.807) is 6.92 Å². The van der Waals surface area contributed by atoms with Gasteiger partial charge in [-0.3, -0.25) is 4.79 Å². The van der Waals surface area contributed by atoms with Crippen LogP contribution in [0.1, 0.15) is 37.8 Å². The zero-order chi connectivity index (χ0) is 18.2. The molecule has 0 aromatic heterocycles. The Morgan fingerprint density at radius 3 is 2.52 bits per heavy atom. The lowest BCUT2D eigenvalue weighted by molar-refractivity contribution is -0.122. The SMILES string of the molecule is CCCCOc1ccc(NC(=O)C(C)Oc2cccc(C)c2C)cc1. The Kier molecular flexibility index (Phi) is 6.87. The van der Waals surface area contributed by atoms with Crippen molar-refractivity contribution in [3.8, 4) is 11.5 Å². The average Bonchev–Trinajstić information content (AvgIpc) is 2.60. The van der Waals surface area contributed by atoms with Crippen molar-refractivity contribution in [2.45, 2.75) is 46.6 Å². The van der Waals surface area contributed by atoms with Crippen molar-refractivity contribution in [2.75, 3.05) is 11.9 Å². The van der Waals surface area contributed by atoms with Gasteiger partial charge >= 0.3 is 0 Å². The Hall–Kier alpha value is -2.49. The second-order valence-electron chi connectivity index (χ2n) is 6.17. The zero-order valence-corrected chi connectivity index (χ0v) is 15.5. The highest BCUT2D eigenvalue weighted by Crippen LogP contribution is 2.22. The van der Waals surface area contributed by atoms with Crippen LogP contribution in [0.25, 0.3) is 0 Å². The summed E-state index contributed by atoms with van der Waals surface area (Å²) in [4.78, 5) is 12.3. The number of unbranched alkanes of at least 4 members (excludes halogenated alkanes) is 1. The van der Waals surface area contributed by atoms with Gasteiger partial charge < -0.3 is 14.8 Å². The summed E-state index contributed by atoms with van der Waals surface area (Å²) in [5, 5.41) is 2.87. The van der Waals surface area contributed by atoms with Gasteiger partial charge in [0.15, 0.2) is 6.10 Å². The van der Waals surface area contributed by atoms with E-state index in [-0.39, 0.29) is 5.91 Å². The van der Waals surface area contributed by atoms with Gasteiger partial charge in [0.1, 0.15) is 11.5 Å². The fraction of sp³-hybridized carbons (Fsp3) is 0.381. The molecule has 2 rings (SSSR count). The quantitative estimate of drug-likeness (QED) is 0.696. The molecule has 1 atom stereocenters. The summed E-state index contributed by atoms with van der Waals surface area (Å²) in [6, 6.07) is 13.2. The Balaban J connectivity index is 1.91. The number of nitrogens with one attached hydrogen (secondary N) is 1. The van der Waals surface area contributed by atoms with E-state index in [2.05, 4.69) is 12.2 Å². The number of aryl methyl sites for hydroxylation is 1. The van der Waals surface area contributed by atoms with E-state index < -0.39 is 6.10 Å². The van der Waals surface area contributed by atoms with Crippen molar-refractivity contribution in [2.24, 2.45) is 0 Å². The summed E-state index contributed by atoms with van der Waals surface area (Å²) in [5.74, 6) is 1.37. The lowest BCUT2D eigenvalue weighted by atomic mass is 10.1. The van der Waals surface area contributed by atoms with Crippen LogP contribution in [0.3, 0.4) is 0 Å². The Labute approximate surface area is 150 Å². The fourth-order valence-electron chi connectivity index (χ4n) is 2.31. The molecule has 4 heteroatoms. The van der Waals surface area contributed by atoms with Crippen molar-refractivity contribution in [3.05, 3.63) is 53.6 Å². The first-order valence-electron chi connectivity index (χ1n) is 8.78. The molecule has 134 valence electrons. The number of amides is 1. The zero-order valence-electron chi connectivity index (χ0n) is 15.5. The molecule has 0 spiro atoms. The molecule has 2 aromatic carbocycles. The summed E-state index contributed by atoms with van der Waals surface area (Å²) in [6.45, 7) is 8.61. The van der Waals surface area contributed by atoms with Crippen LogP contribution in [-0.2, 0) is 4.79 Å². The number of hydrogen-bond donors (Lipinski definition) is 1. The number of benzene rings is 2. The molecule has 0 saturated heterocycles. The van der Waals surface area contributed by atoms with Crippen LogP contribution in [-0.4, -0.2) is 18.6 Å². The third kappa shape index (κ3) is 5.52. The molecule has 0 aliphatic rings. The van der Waals surface area contributed by atoms with Gasteiger partial charge in [-0.2, -0.15) is 0 Å². The van der Waals surface area contributed by atoms with Crippen LogP contribution in [0.2, 0.25) is 0 Å². The minimum atomic E-state index is -0.582. The summed E-state index contributed by atoms with van der Waals surface area (Å²) >= 11 is 0. The van der Waals surface area contributed by atoms with Crippen LogP contribution in [0.4, 0.5) is 5.69 Å². The normalized spacial score (nSPS) is 11.7. The van der Waals surface area contributed by atoms with Gasteiger partial charge in [-0.1, -0.05) is 25.5 Å². The van der Waals surface area contributed by atoms with Crippen molar-refractivity contribution in [3.63, 3.8) is 0 Å². The van der Waals surface area contributed by atoms with Crippen molar-refractivity contribution >= 4 is 11.6 Å². The third-order valence-corrected chi connectivity index (χ3v) is 4.12. The van der Waals surface area contributed by atoms with Gasteiger partial charge in [0, 0.05) is 5.69 Å². The lowest BCUT2D eigenvalue weighted by Crippen LogP contribution is -2.30. The molecule has 1 unspecified atom stereocenters. The first-order chi connectivity index (χ1) is 12.0. The summed E-state index contributed by atoms with van der Waals surface area (Å²) in [7, 11) is 0. The molecule has 0 radical (unpaired) electrons. The van der Waals surface area contributed by atoms with E-state index in [0.717, 1.165) is 41.2 Å². The van der Waals surface area contributed by atoms with Crippen LogP contribution < -0.4 is 14.8 Å². The maximum atomic E-state index is 12.3. The van der Waals surface area contributed by atoms with Crippen LogP contribution >= 0.6 is 0 Å². The van der Waals surface area contributed by atoms with E-state index in [0.29, 0.717) is 6.61 Å². The summed E-state index contributed by atoms with van der Waals surface area (Å²) in [6.07, 6.45) is 1.55. The number of carbonyl (C=O) groups excluding carboxylic acids is 1. The van der Waals surface area contributed by atoms with Gasteiger partial charge in [0.05, 0.1) is 6.61 Å². The molecule has 0 aliphatic carbocycles. The van der Waals surface area contributed by atoms with Gasteiger partial charge in [-0.15, -0.1) is 0 Å². The summed E-state index contributed by atoms with van der Waals surface area (Å²) in [5.41, 5.74) is 2.92. The number of anilines is 1. The topological polar surface area (TPSA) is 47.6 Å². The van der Waals surface area contributed by atoms with Crippen molar-refractivity contribution < 1.29 is 14.3 Å². The highest BCUT2D eigenvalue weighted by Gasteiger charge is 2.16. The Bertz CT molecular complexity index is 695. The average molecular weight is 341 g/mol. The largest absolute Gasteiger partial charge is 0.494 e. The maximum absolute atomic E-state index is 12.3. The molecule has 2 aromatic rings. The first kappa shape index (κ1) is 18.8. The van der Waals surface area contributed by atoms with Crippen LogP contribution in [0.5, 0.6) is 11.5 Å². The third-order valence-electron chi connectivity index (χ3n) is 4.12. The molecule has 0 heterocycles. The molecule has 0 fully saturated rings. The second-order valence-corrected chi connectivity index (χ2v) is 6.17. The monoisotopic (exact) mass is 341 g/mol. The van der Waals surface area contributed by atoms with E-state index in [1.165, 1.54) is 0 Å². The molecule has 25 heavy (non-hydrogen) atoms. The van der Waals surface area contributed by atoms with Crippen LogP contribution in [0, 0.1) is 13.8 Å². The highest BCUT2D eigenvalue weighted by atomic mass is 16.5. The number of hydrogen-bond acceptors (Lipinski definition) is 3. The predicted molar refractivity (Wildman–Crippen MR) is 101 cm³/mol. The second kappa shape index (κ2) is 9.11. The van der Waals surface area contributed by atoms with Gasteiger partial charge in [0.25, 0.3) is 5.91 Å². The van der Waals surface area contributed by atoms with Crippen molar-refractivity contribution in [1.82, 2.24) is 0 Å². The highest BCUT2D eigenvalue weighted by molar-refractivity contribution is 5.94. The lowest BCUT2D eigenvalue weighted by Gasteiger charge is -2.17. The predicted octanol–water partition coefficient (Wildman–Crippen LogP) is 4.89. The van der Waals surface area contributed by atoms with Crippen LogP contribution in [0.15, 0.2) is 42.5 Å². The van der Waals surface area contributed by atoms with Gasteiger partial charge in [0.2, 0.25) is 0 Å². The molecular formula is C21H27NO3. The number of carbonyl (C=O) groups is 1. The molecule has 1 amide bonds. The van der Waals surface area contributed by atoms with E-state index in [1.807, 2.05) is 56.3 Å². The van der Waals surface area contributed by atoms with E-state index in [9.17, 15) is 4.79 Å². The first-order valence-corrected chi connectivity index (χ1v) is 8.78. The smallest absolute Gasteiger partial charge is 0.265 e. The van der Waals surface area contributed by atoms with Gasteiger partial charge in [-0.25, -0.2) is 0 Å². The summed E-state index contributed by atoms with van der Waals surface area (Å²) < 4.78 is 11.4. The molecule has 1 N–H and O–H groups in total. The maximum Gasteiger partial charge on any atom is 0.265 e. The Morgan fingerprint density at radius 1 is 1.12 bits per heavy atom. The fourth-order valence-corrected chi connectivity index (χ4v) is 2.31. The minimum absolute atomic E-state index is 0.180. The number of ether oxygens (including phenoxy) is 2. The molecule has 0 aliphatic heterocycles. The van der Waals surface area contributed by atoms with Gasteiger partial charge in [-0.05, 0) is 68.7 Å².